The van der Waals surface area contributed by atoms with Crippen molar-refractivity contribution in [3.8, 4) is 0 Å². The van der Waals surface area contributed by atoms with Crippen LogP contribution in [-0.4, -0.2) is 13.1 Å². The molecule has 1 rings (SSSR count). The first-order chi connectivity index (χ1) is 7.31. The molecule has 0 N–H and O–H groups in total. The summed E-state index contributed by atoms with van der Waals surface area (Å²) >= 11 is 0. The Morgan fingerprint density at radius 3 is 2.20 bits per heavy atom. The fourth-order valence-corrected chi connectivity index (χ4v) is 1.56. The van der Waals surface area contributed by atoms with Gasteiger partial charge in [0.05, 0.1) is 0 Å². The van der Waals surface area contributed by atoms with Gasteiger partial charge in [-0.1, -0.05) is 36.9 Å². The van der Waals surface area contributed by atoms with Crippen LogP contribution >= 0.6 is 0 Å². The van der Waals surface area contributed by atoms with Crippen LogP contribution in [0.15, 0.2) is 43.0 Å². The number of nitrogens with zero attached hydrogens (tertiary/aromatic N) is 1. The highest BCUT2D eigenvalue weighted by atomic mass is 15.1. The van der Waals surface area contributed by atoms with Gasteiger partial charge in [0, 0.05) is 18.8 Å². The SMILES string of the molecule is C=C/C=C/c1ccc(N(CC)CC)cc1. The Morgan fingerprint density at radius 1 is 1.13 bits per heavy atom. The molecule has 0 aromatic heterocycles. The number of rotatable bonds is 5. The third-order valence-corrected chi connectivity index (χ3v) is 2.45. The Labute approximate surface area is 92.7 Å². The van der Waals surface area contributed by atoms with E-state index < -0.39 is 0 Å². The highest BCUT2D eigenvalue weighted by Crippen LogP contribution is 2.15. The van der Waals surface area contributed by atoms with Crippen LogP contribution in [0.1, 0.15) is 19.4 Å². The topological polar surface area (TPSA) is 3.24 Å². The van der Waals surface area contributed by atoms with Gasteiger partial charge in [0.2, 0.25) is 0 Å². The van der Waals surface area contributed by atoms with Gasteiger partial charge in [0.15, 0.2) is 0 Å². The zero-order valence-electron chi connectivity index (χ0n) is 9.61. The van der Waals surface area contributed by atoms with Crippen LogP contribution in [-0.2, 0) is 0 Å². The van der Waals surface area contributed by atoms with Gasteiger partial charge in [-0.05, 0) is 31.5 Å². The van der Waals surface area contributed by atoms with E-state index in [2.05, 4.69) is 55.7 Å². The van der Waals surface area contributed by atoms with Crippen molar-refractivity contribution in [2.45, 2.75) is 13.8 Å². The van der Waals surface area contributed by atoms with E-state index in [1.54, 1.807) is 6.08 Å². The van der Waals surface area contributed by atoms with Crippen molar-refractivity contribution >= 4 is 11.8 Å². The van der Waals surface area contributed by atoms with Crippen molar-refractivity contribution in [2.24, 2.45) is 0 Å². The van der Waals surface area contributed by atoms with Crippen LogP contribution in [0, 0.1) is 0 Å². The lowest BCUT2D eigenvalue weighted by Crippen LogP contribution is -2.21. The molecule has 0 spiro atoms. The van der Waals surface area contributed by atoms with Crippen molar-refractivity contribution in [2.75, 3.05) is 18.0 Å². The molecular formula is C14H19N. The summed E-state index contributed by atoms with van der Waals surface area (Å²) in [6, 6.07) is 8.59. The van der Waals surface area contributed by atoms with E-state index >= 15 is 0 Å². The normalized spacial score (nSPS) is 10.5. The Bertz CT molecular complexity index is 318. The number of hydrogen-bond acceptors (Lipinski definition) is 1. The van der Waals surface area contributed by atoms with Crippen molar-refractivity contribution in [3.63, 3.8) is 0 Å². The number of anilines is 1. The fourth-order valence-electron chi connectivity index (χ4n) is 1.56. The van der Waals surface area contributed by atoms with E-state index in [0.717, 1.165) is 13.1 Å². The van der Waals surface area contributed by atoms with Crippen LogP contribution in [0.2, 0.25) is 0 Å². The van der Waals surface area contributed by atoms with Crippen molar-refractivity contribution < 1.29 is 0 Å². The average Bonchev–Trinajstić information content (AvgIpc) is 2.29. The monoisotopic (exact) mass is 201 g/mol. The summed E-state index contributed by atoms with van der Waals surface area (Å²) in [6.07, 6.45) is 5.80. The second-order valence-corrected chi connectivity index (χ2v) is 3.36. The second kappa shape index (κ2) is 6.07. The largest absolute Gasteiger partial charge is 0.372 e. The lowest BCUT2D eigenvalue weighted by atomic mass is 10.2. The minimum absolute atomic E-state index is 1.05. The van der Waals surface area contributed by atoms with E-state index in [0.29, 0.717) is 0 Å². The van der Waals surface area contributed by atoms with Gasteiger partial charge >= 0.3 is 0 Å². The molecule has 1 aromatic rings. The highest BCUT2D eigenvalue weighted by molar-refractivity contribution is 5.56. The Hall–Kier alpha value is -1.50. The molecule has 0 saturated carbocycles. The lowest BCUT2D eigenvalue weighted by molar-refractivity contribution is 0.866. The van der Waals surface area contributed by atoms with Gasteiger partial charge in [-0.25, -0.2) is 0 Å². The molecule has 0 radical (unpaired) electrons. The lowest BCUT2D eigenvalue weighted by Gasteiger charge is -2.20. The molecule has 1 heteroatoms. The highest BCUT2D eigenvalue weighted by Gasteiger charge is 1.99. The third kappa shape index (κ3) is 3.28. The third-order valence-electron chi connectivity index (χ3n) is 2.45. The minimum atomic E-state index is 1.05. The molecule has 0 heterocycles. The first kappa shape index (κ1) is 11.6. The number of hydrogen-bond donors (Lipinski definition) is 0. The predicted octanol–water partition coefficient (Wildman–Crippen LogP) is 3.73. The molecule has 0 aliphatic carbocycles. The standard InChI is InChI=1S/C14H19N/c1-4-7-8-13-9-11-14(12-10-13)15(5-2)6-3/h4,7-12H,1,5-6H2,2-3H3/b8-7+. The first-order valence-corrected chi connectivity index (χ1v) is 5.46. The van der Waals surface area contributed by atoms with E-state index in [1.807, 2.05) is 6.08 Å². The zero-order valence-corrected chi connectivity index (χ0v) is 9.61. The van der Waals surface area contributed by atoms with Gasteiger partial charge in [-0.15, -0.1) is 0 Å². The molecule has 1 nitrogen and oxygen atoms in total. The predicted molar refractivity (Wildman–Crippen MR) is 69.2 cm³/mol. The van der Waals surface area contributed by atoms with E-state index in [1.165, 1.54) is 11.3 Å². The van der Waals surface area contributed by atoms with Crippen LogP contribution in [0.3, 0.4) is 0 Å². The summed E-state index contributed by atoms with van der Waals surface area (Å²) in [5.74, 6) is 0. The van der Waals surface area contributed by atoms with E-state index in [4.69, 9.17) is 0 Å². The molecule has 0 atom stereocenters. The Kier molecular flexibility index (Phi) is 4.69. The molecule has 0 aliphatic rings. The number of benzene rings is 1. The molecule has 1 aromatic carbocycles. The first-order valence-electron chi connectivity index (χ1n) is 5.46. The second-order valence-electron chi connectivity index (χ2n) is 3.36. The molecule has 0 amide bonds. The van der Waals surface area contributed by atoms with Gasteiger partial charge < -0.3 is 4.90 Å². The van der Waals surface area contributed by atoms with Gasteiger partial charge in [-0.2, -0.15) is 0 Å². The van der Waals surface area contributed by atoms with Crippen molar-refractivity contribution in [1.82, 2.24) is 0 Å². The molecule has 0 aliphatic heterocycles. The average molecular weight is 201 g/mol. The molecule has 0 unspecified atom stereocenters. The van der Waals surface area contributed by atoms with Crippen molar-refractivity contribution in [3.05, 3.63) is 48.6 Å². The Balaban J connectivity index is 2.79. The summed E-state index contributed by atoms with van der Waals surface area (Å²) in [5, 5.41) is 0. The van der Waals surface area contributed by atoms with Crippen LogP contribution in [0.25, 0.3) is 6.08 Å². The van der Waals surface area contributed by atoms with Crippen molar-refractivity contribution in [1.29, 1.82) is 0 Å². The summed E-state index contributed by atoms with van der Waals surface area (Å²) < 4.78 is 0. The van der Waals surface area contributed by atoms with Gasteiger partial charge in [-0.3, -0.25) is 0 Å². The molecule has 80 valence electrons. The fraction of sp³-hybridized carbons (Fsp3) is 0.286. The van der Waals surface area contributed by atoms with Crippen LogP contribution in [0.4, 0.5) is 5.69 Å². The maximum Gasteiger partial charge on any atom is 0.0366 e. The zero-order chi connectivity index (χ0) is 11.1. The quantitative estimate of drug-likeness (QED) is 0.656. The summed E-state index contributed by atoms with van der Waals surface area (Å²) in [7, 11) is 0. The van der Waals surface area contributed by atoms with Gasteiger partial charge in [0.1, 0.15) is 0 Å². The van der Waals surface area contributed by atoms with E-state index in [9.17, 15) is 0 Å². The maximum atomic E-state index is 3.65. The molecule has 0 bridgehead atoms. The molecule has 0 fully saturated rings. The number of allylic oxidation sites excluding steroid dienone is 2. The minimum Gasteiger partial charge on any atom is -0.372 e. The molecular weight excluding hydrogens is 182 g/mol. The maximum absolute atomic E-state index is 3.65. The molecule has 15 heavy (non-hydrogen) atoms. The van der Waals surface area contributed by atoms with Gasteiger partial charge in [0.25, 0.3) is 0 Å². The smallest absolute Gasteiger partial charge is 0.0366 e. The summed E-state index contributed by atoms with van der Waals surface area (Å²) in [4.78, 5) is 2.33. The molecule has 0 saturated heterocycles. The van der Waals surface area contributed by atoms with E-state index in [-0.39, 0.29) is 0 Å². The summed E-state index contributed by atoms with van der Waals surface area (Å²) in [6.45, 7) is 10.1. The van der Waals surface area contributed by atoms with Crippen LogP contribution in [0.5, 0.6) is 0 Å². The summed E-state index contributed by atoms with van der Waals surface area (Å²) in [5.41, 5.74) is 2.50. The van der Waals surface area contributed by atoms with Crippen LogP contribution < -0.4 is 4.90 Å². The Morgan fingerprint density at radius 2 is 1.73 bits per heavy atom.